The SMILES string of the molecule is CCO[C@H](C)c1nc(CN[C@]2(C)CCCc3ccccc32)cs1. The summed E-state index contributed by atoms with van der Waals surface area (Å²) in [5.41, 5.74) is 4.09. The van der Waals surface area contributed by atoms with Gasteiger partial charge in [0.25, 0.3) is 0 Å². The van der Waals surface area contributed by atoms with E-state index in [9.17, 15) is 0 Å². The van der Waals surface area contributed by atoms with E-state index in [1.165, 1.54) is 30.4 Å². The number of benzene rings is 1. The lowest BCUT2D eigenvalue weighted by Crippen LogP contribution is -2.41. The van der Waals surface area contributed by atoms with Gasteiger partial charge in [0.1, 0.15) is 11.1 Å². The molecule has 1 heterocycles. The first-order chi connectivity index (χ1) is 11.1. The minimum Gasteiger partial charge on any atom is -0.372 e. The predicted octanol–water partition coefficient (Wildman–Crippen LogP) is 4.58. The molecule has 3 rings (SSSR count). The van der Waals surface area contributed by atoms with E-state index in [1.54, 1.807) is 11.3 Å². The molecule has 2 aromatic rings. The van der Waals surface area contributed by atoms with E-state index in [2.05, 4.69) is 48.8 Å². The minimum atomic E-state index is 0.0458. The van der Waals surface area contributed by atoms with Gasteiger partial charge in [-0.2, -0.15) is 0 Å². The fourth-order valence-electron chi connectivity index (χ4n) is 3.42. The zero-order valence-electron chi connectivity index (χ0n) is 14.3. The van der Waals surface area contributed by atoms with Crippen LogP contribution in [-0.4, -0.2) is 11.6 Å². The maximum atomic E-state index is 5.63. The topological polar surface area (TPSA) is 34.1 Å². The summed E-state index contributed by atoms with van der Waals surface area (Å²) >= 11 is 1.69. The van der Waals surface area contributed by atoms with Gasteiger partial charge >= 0.3 is 0 Å². The van der Waals surface area contributed by atoms with Crippen molar-refractivity contribution in [3.8, 4) is 0 Å². The minimum absolute atomic E-state index is 0.0458. The van der Waals surface area contributed by atoms with Gasteiger partial charge in [0, 0.05) is 24.1 Å². The van der Waals surface area contributed by atoms with Crippen molar-refractivity contribution >= 4 is 11.3 Å². The first kappa shape index (κ1) is 16.6. The first-order valence-corrected chi connectivity index (χ1v) is 9.39. The van der Waals surface area contributed by atoms with Gasteiger partial charge in [0.2, 0.25) is 0 Å². The summed E-state index contributed by atoms with van der Waals surface area (Å²) in [5, 5.41) is 6.97. The Bertz CT molecular complexity index is 654. The average Bonchev–Trinajstić information content (AvgIpc) is 3.03. The second kappa shape index (κ2) is 7.12. The highest BCUT2D eigenvalue weighted by Gasteiger charge is 2.31. The van der Waals surface area contributed by atoms with Crippen LogP contribution < -0.4 is 5.32 Å². The number of ether oxygens (including phenoxy) is 1. The van der Waals surface area contributed by atoms with Crippen LogP contribution in [0.2, 0.25) is 0 Å². The Morgan fingerprint density at radius 1 is 1.39 bits per heavy atom. The third-order valence-electron chi connectivity index (χ3n) is 4.73. The van der Waals surface area contributed by atoms with Gasteiger partial charge in [-0.3, -0.25) is 0 Å². The van der Waals surface area contributed by atoms with Crippen LogP contribution in [0.4, 0.5) is 0 Å². The molecule has 23 heavy (non-hydrogen) atoms. The Balaban J connectivity index is 1.69. The van der Waals surface area contributed by atoms with Crippen LogP contribution in [0.15, 0.2) is 29.6 Å². The van der Waals surface area contributed by atoms with Crippen LogP contribution in [0.25, 0.3) is 0 Å². The van der Waals surface area contributed by atoms with Gasteiger partial charge in [-0.1, -0.05) is 24.3 Å². The molecule has 0 spiro atoms. The summed E-state index contributed by atoms with van der Waals surface area (Å²) in [6, 6.07) is 8.82. The number of aromatic nitrogens is 1. The first-order valence-electron chi connectivity index (χ1n) is 8.51. The number of nitrogens with zero attached hydrogens (tertiary/aromatic N) is 1. The molecule has 0 fully saturated rings. The van der Waals surface area contributed by atoms with Crippen LogP contribution in [0.3, 0.4) is 0 Å². The number of nitrogens with one attached hydrogen (secondary N) is 1. The van der Waals surface area contributed by atoms with E-state index in [0.717, 1.165) is 23.9 Å². The normalized spacial score (nSPS) is 21.9. The lowest BCUT2D eigenvalue weighted by molar-refractivity contribution is 0.0761. The number of fused-ring (bicyclic) bond motifs is 1. The number of rotatable bonds is 6. The zero-order chi connectivity index (χ0) is 16.3. The van der Waals surface area contributed by atoms with Crippen molar-refractivity contribution < 1.29 is 4.74 Å². The fraction of sp³-hybridized carbons (Fsp3) is 0.526. The summed E-state index contributed by atoms with van der Waals surface area (Å²) in [5.74, 6) is 0. The van der Waals surface area contributed by atoms with Gasteiger partial charge in [0.15, 0.2) is 0 Å². The highest BCUT2D eigenvalue weighted by atomic mass is 32.1. The van der Waals surface area contributed by atoms with Gasteiger partial charge in [-0.25, -0.2) is 4.98 Å². The number of hydrogen-bond acceptors (Lipinski definition) is 4. The van der Waals surface area contributed by atoms with Crippen molar-refractivity contribution in [2.24, 2.45) is 0 Å². The summed E-state index contributed by atoms with van der Waals surface area (Å²) in [7, 11) is 0. The van der Waals surface area contributed by atoms with Crippen molar-refractivity contribution in [2.75, 3.05) is 6.61 Å². The molecule has 0 bridgehead atoms. The van der Waals surface area contributed by atoms with Crippen LogP contribution in [-0.2, 0) is 23.2 Å². The monoisotopic (exact) mass is 330 g/mol. The summed E-state index contributed by atoms with van der Waals surface area (Å²) in [6.07, 6.45) is 3.70. The van der Waals surface area contributed by atoms with Gasteiger partial charge in [0.05, 0.1) is 5.69 Å². The number of thiazole rings is 1. The van der Waals surface area contributed by atoms with E-state index in [0.29, 0.717) is 0 Å². The third-order valence-corrected chi connectivity index (χ3v) is 5.78. The molecule has 3 nitrogen and oxygen atoms in total. The van der Waals surface area contributed by atoms with E-state index >= 15 is 0 Å². The Morgan fingerprint density at radius 3 is 3.04 bits per heavy atom. The smallest absolute Gasteiger partial charge is 0.122 e. The quantitative estimate of drug-likeness (QED) is 0.841. The molecule has 1 aliphatic carbocycles. The standard InChI is InChI=1S/C19H26N2OS/c1-4-22-14(2)18-21-16(13-23-18)12-20-19(3)11-7-9-15-8-5-6-10-17(15)19/h5-6,8,10,13-14,20H,4,7,9,11-12H2,1-3H3/t14-,19-/m1/s1. The maximum absolute atomic E-state index is 5.63. The lowest BCUT2D eigenvalue weighted by Gasteiger charge is -2.37. The Kier molecular flexibility index (Phi) is 5.14. The molecule has 0 saturated carbocycles. The molecule has 0 radical (unpaired) electrons. The summed E-state index contributed by atoms with van der Waals surface area (Å²) in [6.45, 7) is 7.94. The average molecular weight is 330 g/mol. The van der Waals surface area contributed by atoms with E-state index in [1.807, 2.05) is 6.92 Å². The van der Waals surface area contributed by atoms with Crippen LogP contribution in [0, 0.1) is 0 Å². The van der Waals surface area contributed by atoms with E-state index in [4.69, 9.17) is 9.72 Å². The predicted molar refractivity (Wildman–Crippen MR) is 95.7 cm³/mol. The van der Waals surface area contributed by atoms with Crippen molar-refractivity contribution in [2.45, 2.75) is 58.2 Å². The molecule has 124 valence electrons. The molecular weight excluding hydrogens is 304 g/mol. The van der Waals surface area contributed by atoms with Gasteiger partial charge in [-0.15, -0.1) is 11.3 Å². The van der Waals surface area contributed by atoms with Crippen molar-refractivity contribution in [1.82, 2.24) is 10.3 Å². The van der Waals surface area contributed by atoms with E-state index < -0.39 is 0 Å². The molecule has 1 aliphatic rings. The Hall–Kier alpha value is -1.23. The Labute approximate surface area is 143 Å². The molecule has 2 atom stereocenters. The molecule has 0 amide bonds. The maximum Gasteiger partial charge on any atom is 0.122 e. The van der Waals surface area contributed by atoms with Gasteiger partial charge in [-0.05, 0) is 51.2 Å². The molecular formula is C19H26N2OS. The highest BCUT2D eigenvalue weighted by Crippen LogP contribution is 2.35. The fourth-order valence-corrected chi connectivity index (χ4v) is 4.25. The number of aryl methyl sites for hydroxylation is 1. The molecule has 0 aliphatic heterocycles. The van der Waals surface area contributed by atoms with Crippen molar-refractivity contribution in [3.05, 3.63) is 51.5 Å². The molecule has 0 saturated heterocycles. The number of hydrogen-bond donors (Lipinski definition) is 1. The van der Waals surface area contributed by atoms with Crippen molar-refractivity contribution in [1.29, 1.82) is 0 Å². The second-order valence-corrected chi connectivity index (χ2v) is 7.36. The van der Waals surface area contributed by atoms with Crippen LogP contribution >= 0.6 is 11.3 Å². The third kappa shape index (κ3) is 3.65. The molecule has 0 unspecified atom stereocenters. The Morgan fingerprint density at radius 2 is 2.22 bits per heavy atom. The summed E-state index contributed by atoms with van der Waals surface area (Å²) < 4.78 is 5.63. The van der Waals surface area contributed by atoms with Crippen LogP contribution in [0.1, 0.15) is 61.5 Å². The zero-order valence-corrected chi connectivity index (χ0v) is 15.1. The van der Waals surface area contributed by atoms with Crippen LogP contribution in [0.5, 0.6) is 0 Å². The van der Waals surface area contributed by atoms with Crippen molar-refractivity contribution in [3.63, 3.8) is 0 Å². The highest BCUT2D eigenvalue weighted by molar-refractivity contribution is 7.09. The molecule has 4 heteroatoms. The lowest BCUT2D eigenvalue weighted by atomic mass is 9.78. The largest absolute Gasteiger partial charge is 0.372 e. The molecule has 1 N–H and O–H groups in total. The molecule has 1 aromatic heterocycles. The van der Waals surface area contributed by atoms with Gasteiger partial charge < -0.3 is 10.1 Å². The molecule has 1 aromatic carbocycles. The summed E-state index contributed by atoms with van der Waals surface area (Å²) in [4.78, 5) is 4.73. The van der Waals surface area contributed by atoms with E-state index in [-0.39, 0.29) is 11.6 Å². The second-order valence-electron chi connectivity index (χ2n) is 6.47.